The number of aryl methyl sites for hydroxylation is 1. The molecule has 0 radical (unpaired) electrons. The van der Waals surface area contributed by atoms with Crippen molar-refractivity contribution in [2.45, 2.75) is 51.3 Å². The molecule has 5 rings (SSSR count). The van der Waals surface area contributed by atoms with Crippen LogP contribution in [0.3, 0.4) is 0 Å². The van der Waals surface area contributed by atoms with Crippen LogP contribution in [0.25, 0.3) is 5.57 Å². The molecular weight excluding hydrogens is 364 g/mol. The number of nitrogens with one attached hydrogen (secondary N) is 1. The van der Waals surface area contributed by atoms with Gasteiger partial charge in [-0.25, -0.2) is 4.99 Å². The zero-order valence-electron chi connectivity index (χ0n) is 16.8. The van der Waals surface area contributed by atoms with Crippen LogP contribution in [0.15, 0.2) is 52.6 Å². The maximum atomic E-state index is 12.5. The maximum absolute atomic E-state index is 12.5. The minimum atomic E-state index is -0.389. The van der Waals surface area contributed by atoms with Crippen molar-refractivity contribution in [1.29, 1.82) is 0 Å². The molecule has 0 amide bonds. The average Bonchev–Trinajstić information content (AvgIpc) is 3.62. The minimum absolute atomic E-state index is 0.0450. The van der Waals surface area contributed by atoms with E-state index >= 15 is 0 Å². The van der Waals surface area contributed by atoms with E-state index in [1.54, 1.807) is 6.07 Å². The van der Waals surface area contributed by atoms with E-state index in [0.29, 0.717) is 24.5 Å². The molecule has 3 heterocycles. The first-order valence-electron chi connectivity index (χ1n) is 10.4. The molecule has 2 aromatic rings. The first-order chi connectivity index (χ1) is 14.1. The normalized spacial score (nSPS) is 25.8. The van der Waals surface area contributed by atoms with E-state index in [1.165, 1.54) is 5.56 Å². The molecule has 29 heavy (non-hydrogen) atoms. The lowest BCUT2D eigenvalue weighted by molar-refractivity contribution is 0.0865. The van der Waals surface area contributed by atoms with E-state index in [-0.39, 0.29) is 11.8 Å². The van der Waals surface area contributed by atoms with Crippen LogP contribution in [-0.4, -0.2) is 28.2 Å². The van der Waals surface area contributed by atoms with Crippen molar-refractivity contribution in [3.05, 3.63) is 70.0 Å². The molecule has 3 aliphatic rings. The van der Waals surface area contributed by atoms with Gasteiger partial charge in [0.2, 0.25) is 0 Å². The predicted octanol–water partition coefficient (Wildman–Crippen LogP) is 3.40. The summed E-state index contributed by atoms with van der Waals surface area (Å²) in [5.41, 5.74) is 4.15. The highest BCUT2D eigenvalue weighted by Crippen LogP contribution is 2.47. The molecule has 0 spiro atoms. The molecule has 0 bridgehead atoms. The van der Waals surface area contributed by atoms with Gasteiger partial charge in [0.05, 0.1) is 6.61 Å². The highest BCUT2D eigenvalue weighted by molar-refractivity contribution is 5.86. The third-order valence-corrected chi connectivity index (χ3v) is 5.94. The first-order valence-corrected chi connectivity index (χ1v) is 10.4. The van der Waals surface area contributed by atoms with Gasteiger partial charge in [-0.2, -0.15) is 0 Å². The average molecular weight is 390 g/mol. The third kappa shape index (κ3) is 3.90. The van der Waals surface area contributed by atoms with E-state index in [0.717, 1.165) is 41.9 Å². The molecule has 0 aromatic carbocycles. The third-order valence-electron chi connectivity index (χ3n) is 5.94. The highest BCUT2D eigenvalue weighted by atomic mass is 16.5. The molecule has 3 unspecified atom stereocenters. The fourth-order valence-electron chi connectivity index (χ4n) is 3.92. The number of nitrogens with zero attached hydrogens (tertiary/aromatic N) is 3. The summed E-state index contributed by atoms with van der Waals surface area (Å²) in [6, 6.07) is 8.31. The van der Waals surface area contributed by atoms with Gasteiger partial charge < -0.3 is 14.6 Å². The standard InChI is InChI=1S/C23H26N4O2/c1-14-3-6-21(25-11-14)19-9-17(19)13-29-23-20(12-24-15(2)26-23)16-7-8-27(18-4-5-18)22(28)10-16/h3,6-8,10-12,17-19,23H,4-5,9,13H2,1-2H3,(H,24,26). The molecule has 2 aromatic heterocycles. The van der Waals surface area contributed by atoms with E-state index < -0.39 is 0 Å². The quantitative estimate of drug-likeness (QED) is 0.821. The van der Waals surface area contributed by atoms with Gasteiger partial charge in [0.1, 0.15) is 5.84 Å². The summed E-state index contributed by atoms with van der Waals surface area (Å²) >= 11 is 0. The molecule has 2 fully saturated rings. The van der Waals surface area contributed by atoms with Crippen molar-refractivity contribution < 1.29 is 4.74 Å². The second kappa shape index (κ2) is 7.26. The first kappa shape index (κ1) is 18.3. The Labute approximate surface area is 170 Å². The molecule has 3 atom stereocenters. The Morgan fingerprint density at radius 1 is 1.24 bits per heavy atom. The van der Waals surface area contributed by atoms with Gasteiger partial charge in [0, 0.05) is 47.9 Å². The number of aliphatic imine (C=N–C) groups is 1. The number of hydrogen-bond acceptors (Lipinski definition) is 5. The van der Waals surface area contributed by atoms with E-state index in [4.69, 9.17) is 4.74 Å². The molecule has 1 N–H and O–H groups in total. The van der Waals surface area contributed by atoms with E-state index in [9.17, 15) is 4.79 Å². The van der Waals surface area contributed by atoms with Crippen LogP contribution in [0.5, 0.6) is 0 Å². The number of amidine groups is 1. The van der Waals surface area contributed by atoms with Gasteiger partial charge in [-0.3, -0.25) is 9.78 Å². The van der Waals surface area contributed by atoms with Crippen LogP contribution < -0.4 is 10.9 Å². The minimum Gasteiger partial charge on any atom is -0.352 e. The Balaban J connectivity index is 1.27. The largest absolute Gasteiger partial charge is 0.352 e. The molecule has 1 aliphatic heterocycles. The topological polar surface area (TPSA) is 68.5 Å². The summed E-state index contributed by atoms with van der Waals surface area (Å²) in [4.78, 5) is 21.7. The predicted molar refractivity (Wildman–Crippen MR) is 113 cm³/mol. The smallest absolute Gasteiger partial charge is 0.251 e. The summed E-state index contributed by atoms with van der Waals surface area (Å²) < 4.78 is 8.04. The van der Waals surface area contributed by atoms with Crippen molar-refractivity contribution in [1.82, 2.24) is 14.9 Å². The number of aromatic nitrogens is 2. The van der Waals surface area contributed by atoms with E-state index in [2.05, 4.69) is 34.3 Å². The second-order valence-electron chi connectivity index (χ2n) is 8.40. The van der Waals surface area contributed by atoms with Crippen LogP contribution in [0.4, 0.5) is 0 Å². The summed E-state index contributed by atoms with van der Waals surface area (Å²) in [7, 11) is 0. The Hall–Kier alpha value is -2.73. The Bertz CT molecular complexity index is 1030. The maximum Gasteiger partial charge on any atom is 0.251 e. The highest BCUT2D eigenvalue weighted by Gasteiger charge is 2.40. The zero-order valence-corrected chi connectivity index (χ0v) is 16.8. The van der Waals surface area contributed by atoms with Crippen LogP contribution in [0.1, 0.15) is 55.0 Å². The lowest BCUT2D eigenvalue weighted by Gasteiger charge is -2.23. The molecule has 0 saturated heterocycles. The summed E-state index contributed by atoms with van der Waals surface area (Å²) in [5, 5.41) is 3.16. The SMILES string of the molecule is CC1=NC(OCC2CC2c2ccc(C)cn2)C(c2ccn(C3CC3)c(=O)c2)=CN1. The Kier molecular flexibility index (Phi) is 4.59. The van der Waals surface area contributed by atoms with Crippen LogP contribution >= 0.6 is 0 Å². The van der Waals surface area contributed by atoms with Gasteiger partial charge in [-0.05, 0) is 62.3 Å². The van der Waals surface area contributed by atoms with Gasteiger partial charge in [0.25, 0.3) is 5.56 Å². The van der Waals surface area contributed by atoms with Crippen LogP contribution in [0.2, 0.25) is 0 Å². The summed E-state index contributed by atoms with van der Waals surface area (Å²) in [5.74, 6) is 1.76. The van der Waals surface area contributed by atoms with E-state index in [1.807, 2.05) is 36.2 Å². The van der Waals surface area contributed by atoms with Crippen molar-refractivity contribution >= 4 is 11.4 Å². The monoisotopic (exact) mass is 390 g/mol. The van der Waals surface area contributed by atoms with Gasteiger partial charge in [0.15, 0.2) is 6.23 Å². The van der Waals surface area contributed by atoms with Crippen molar-refractivity contribution in [3.8, 4) is 0 Å². The Morgan fingerprint density at radius 3 is 2.83 bits per heavy atom. The van der Waals surface area contributed by atoms with Gasteiger partial charge in [-0.15, -0.1) is 0 Å². The van der Waals surface area contributed by atoms with Crippen molar-refractivity contribution in [2.75, 3.05) is 6.61 Å². The number of ether oxygens (including phenoxy) is 1. The molecule has 6 nitrogen and oxygen atoms in total. The lowest BCUT2D eigenvalue weighted by atomic mass is 10.1. The summed E-state index contributed by atoms with van der Waals surface area (Å²) in [6.07, 6.45) is 8.64. The van der Waals surface area contributed by atoms with Gasteiger partial charge in [-0.1, -0.05) is 6.07 Å². The van der Waals surface area contributed by atoms with Crippen molar-refractivity contribution in [2.24, 2.45) is 10.9 Å². The van der Waals surface area contributed by atoms with Crippen LogP contribution in [0, 0.1) is 12.8 Å². The number of hydrogen-bond donors (Lipinski definition) is 1. The molecule has 2 aliphatic carbocycles. The van der Waals surface area contributed by atoms with Gasteiger partial charge >= 0.3 is 0 Å². The number of rotatable bonds is 6. The molecule has 2 saturated carbocycles. The van der Waals surface area contributed by atoms with Crippen molar-refractivity contribution in [3.63, 3.8) is 0 Å². The molecule has 150 valence electrons. The fraction of sp³-hybridized carbons (Fsp3) is 0.435. The summed E-state index contributed by atoms with van der Waals surface area (Å²) in [6.45, 7) is 4.61. The lowest BCUT2D eigenvalue weighted by Crippen LogP contribution is -2.28. The Morgan fingerprint density at radius 2 is 2.10 bits per heavy atom. The molecular formula is C23H26N4O2. The fourth-order valence-corrected chi connectivity index (χ4v) is 3.92. The van der Waals surface area contributed by atoms with Crippen LogP contribution in [-0.2, 0) is 4.74 Å². The molecule has 6 heteroatoms. The second-order valence-corrected chi connectivity index (χ2v) is 8.40. The number of pyridine rings is 2. The zero-order chi connectivity index (χ0) is 20.0.